The molecular formula is C58H88FN13O7S9. The number of hydrogen-bond donors (Lipinski definition) is 6. The maximum absolute atomic E-state index is 12.9. The molecule has 0 bridgehead atoms. The predicted octanol–water partition coefficient (Wildman–Crippen LogP) is 14.1. The van der Waals surface area contributed by atoms with Crippen LogP contribution in [0.5, 0.6) is 5.75 Å². The van der Waals surface area contributed by atoms with Crippen LogP contribution in [0.2, 0.25) is 0 Å². The second-order valence-electron chi connectivity index (χ2n) is 19.6. The van der Waals surface area contributed by atoms with Crippen LogP contribution < -0.4 is 34.9 Å². The van der Waals surface area contributed by atoms with Gasteiger partial charge < -0.3 is 20.7 Å². The van der Waals surface area contributed by atoms with E-state index in [0.29, 0.717) is 25.4 Å². The molecule has 0 saturated carbocycles. The highest BCUT2D eigenvalue weighted by Gasteiger charge is 2.20. The molecule has 88 heavy (non-hydrogen) atoms. The van der Waals surface area contributed by atoms with Gasteiger partial charge in [0.05, 0.1) is 27.0 Å². The van der Waals surface area contributed by atoms with Crippen LogP contribution in [0.15, 0.2) is 68.4 Å². The lowest BCUT2D eigenvalue weighted by molar-refractivity contribution is 0.402. The van der Waals surface area contributed by atoms with E-state index >= 15 is 0 Å². The molecule has 0 fully saturated rings. The summed E-state index contributed by atoms with van der Waals surface area (Å²) in [5, 5.41) is 21.8. The zero-order valence-corrected chi connectivity index (χ0v) is 56.8. The zero-order valence-electron chi connectivity index (χ0n) is 49.4. The molecule has 6 aromatic heterocycles. The van der Waals surface area contributed by atoms with Gasteiger partial charge in [-0.3, -0.25) is 0 Å². The number of thiazole rings is 6. The van der Waals surface area contributed by atoms with Crippen molar-refractivity contribution in [1.29, 1.82) is 0 Å². The molecule has 0 unspecified atom stereocenters. The van der Waals surface area contributed by atoms with Gasteiger partial charge in [-0.2, -0.15) is 12.7 Å². The lowest BCUT2D eigenvalue weighted by Gasteiger charge is -2.12. The first kappa shape index (κ1) is 77.3. The van der Waals surface area contributed by atoms with Crippen molar-refractivity contribution < 1.29 is 34.4 Å². The average molecular weight is 1390 g/mol. The summed E-state index contributed by atoms with van der Waals surface area (Å²) in [4.78, 5) is 31.2. The molecule has 6 N–H and O–H groups in total. The van der Waals surface area contributed by atoms with Gasteiger partial charge in [0.15, 0.2) is 15.4 Å². The van der Waals surface area contributed by atoms with E-state index in [9.17, 15) is 29.6 Å². The topological polar surface area (TPSA) is 264 Å². The number of aromatic nitrogens is 6. The third-order valence-corrected chi connectivity index (χ3v) is 22.0. The van der Waals surface area contributed by atoms with Crippen LogP contribution in [0, 0.1) is 54.3 Å². The van der Waals surface area contributed by atoms with Crippen molar-refractivity contribution in [2.75, 3.05) is 76.4 Å². The number of hydrogen-bond acceptors (Lipinski definition) is 22. The van der Waals surface area contributed by atoms with E-state index < -0.39 is 36.1 Å². The van der Waals surface area contributed by atoms with Gasteiger partial charge in [0, 0.05) is 84.1 Å². The number of halogens is 1. The monoisotopic (exact) mass is 1390 g/mol. The molecule has 30 heteroatoms. The van der Waals surface area contributed by atoms with Crippen LogP contribution >= 0.6 is 68.0 Å². The highest BCUT2D eigenvalue weighted by Crippen LogP contribution is 2.33. The first-order valence-electron chi connectivity index (χ1n) is 27.4. The Morgan fingerprint density at radius 3 is 1.19 bits per heavy atom. The molecule has 488 valence electrons. The van der Waals surface area contributed by atoms with E-state index in [-0.39, 0.29) is 32.1 Å². The molecule has 0 aliphatic heterocycles. The molecule has 0 saturated heterocycles. The Morgan fingerprint density at radius 2 is 0.841 bits per heavy atom. The Bertz CT molecular complexity index is 3710. The number of aryl methyl sites for hydroxylation is 7. The molecule has 0 aliphatic carbocycles. The minimum Gasteiger partial charge on any atom is -0.495 e. The van der Waals surface area contributed by atoms with Crippen molar-refractivity contribution >= 4 is 114 Å². The normalized spacial score (nSPS) is 11.4. The number of sulfonamides is 2. The molecule has 0 radical (unpaired) electrons. The van der Waals surface area contributed by atoms with Gasteiger partial charge in [-0.25, -0.2) is 65.3 Å². The lowest BCUT2D eigenvalue weighted by Crippen LogP contribution is -2.36. The Kier molecular flexibility index (Phi) is 32.8. The molecule has 0 spiro atoms. The molecule has 0 atom stereocenters. The summed E-state index contributed by atoms with van der Waals surface area (Å²) in [6, 6.07) is 9.94. The molecular weight excluding hydrogens is 1300 g/mol. The van der Waals surface area contributed by atoms with Gasteiger partial charge in [0.1, 0.15) is 50.6 Å². The van der Waals surface area contributed by atoms with Gasteiger partial charge in [-0.15, -0.1) is 68.0 Å². The van der Waals surface area contributed by atoms with E-state index in [1.165, 1.54) is 52.3 Å². The summed E-state index contributed by atoms with van der Waals surface area (Å²) < 4.78 is 99.5. The standard InChI is InChI=1S/C21H28N4O3S3.C19H23FN4O2S3.C15H25N5O2S3.3CH4/c1-14-8-9-18(28-4)19(12-14)31(26,27)23-11-7-5-6-10-22-21-25-17(13-29-21)20-15(2)30-16(3)24-20;1-13-18(23-14(2)28-13)17-12-27-19(24-17)21-10-4-3-5-11-22-29(25,26)16-8-6-15(20)7-9-16;1-11-14(18-12(2)24-11)13-10-23-15(19-13)16-8-6-5-7-9-17-25(21,22)20(3)4;;;/h8-9,12-13,23H,5-7,10-11H2,1-4H3,(H,22,25);6-9,12,22H,3-5,10-11H2,1-2H3,(H,21,24);10,17H,5-9H2,1-4H3,(H,16,19);3*1H4. The quantitative estimate of drug-likeness (QED) is 0.0221. The van der Waals surface area contributed by atoms with Crippen molar-refractivity contribution in [2.45, 2.75) is 138 Å². The van der Waals surface area contributed by atoms with Gasteiger partial charge in [-0.05, 0) is 129 Å². The SMILES string of the molecule is C.C.C.COc1ccc(C)cc1S(=O)(=O)NCCCCCNc1nc(-c2nc(C)sc2C)cs1.Cc1nc(-c2csc(NCCCCCNS(=O)(=O)N(C)C)n2)c(C)s1.Cc1nc(-c2csc(NCCCCCNS(=O)(=O)c3ccc(F)cc3)n2)c(C)s1. The molecule has 0 amide bonds. The molecule has 8 rings (SSSR count). The van der Waals surface area contributed by atoms with Gasteiger partial charge in [-0.1, -0.05) is 47.6 Å². The van der Waals surface area contributed by atoms with Crippen LogP contribution in [0.3, 0.4) is 0 Å². The van der Waals surface area contributed by atoms with Gasteiger partial charge in [0.25, 0.3) is 10.2 Å². The third kappa shape index (κ3) is 24.3. The predicted molar refractivity (Wildman–Crippen MR) is 370 cm³/mol. The van der Waals surface area contributed by atoms with Gasteiger partial charge in [0.2, 0.25) is 20.0 Å². The van der Waals surface area contributed by atoms with Crippen LogP contribution in [-0.2, 0) is 30.3 Å². The van der Waals surface area contributed by atoms with E-state index in [1.807, 2.05) is 49.9 Å². The smallest absolute Gasteiger partial charge is 0.278 e. The van der Waals surface area contributed by atoms with Crippen molar-refractivity contribution in [2.24, 2.45) is 0 Å². The molecule has 20 nitrogen and oxygen atoms in total. The number of anilines is 3. The summed E-state index contributed by atoms with van der Waals surface area (Å²) in [6.07, 6.45) is 7.83. The molecule has 6 heterocycles. The van der Waals surface area contributed by atoms with Crippen molar-refractivity contribution in [3.63, 3.8) is 0 Å². The summed E-state index contributed by atoms with van der Waals surface area (Å²) >= 11 is 9.75. The van der Waals surface area contributed by atoms with Crippen LogP contribution in [0.1, 0.15) is 115 Å². The Labute approximate surface area is 546 Å². The number of ether oxygens (including phenoxy) is 1. The minimum atomic E-state index is -3.59. The number of nitrogens with one attached hydrogen (secondary N) is 6. The highest BCUT2D eigenvalue weighted by atomic mass is 32.2. The van der Waals surface area contributed by atoms with Crippen LogP contribution in [-0.4, -0.2) is 120 Å². The molecule has 2 aromatic carbocycles. The van der Waals surface area contributed by atoms with Crippen LogP contribution in [0.25, 0.3) is 34.2 Å². The third-order valence-electron chi connectivity index (χ3n) is 12.4. The second kappa shape index (κ2) is 37.4. The van der Waals surface area contributed by atoms with Crippen molar-refractivity contribution in [1.82, 2.24) is 48.4 Å². The largest absolute Gasteiger partial charge is 0.495 e. The summed E-state index contributed by atoms with van der Waals surface area (Å²) in [6.45, 7) is 17.6. The Balaban J connectivity index is 0.000000341. The fourth-order valence-corrected chi connectivity index (χ4v) is 15.8. The first-order valence-corrected chi connectivity index (χ1v) is 36.9. The number of methoxy groups -OCH3 is 1. The maximum Gasteiger partial charge on any atom is 0.278 e. The van der Waals surface area contributed by atoms with E-state index in [2.05, 4.69) is 80.8 Å². The zero-order chi connectivity index (χ0) is 61.7. The summed E-state index contributed by atoms with van der Waals surface area (Å²) in [5.74, 6) is -0.103. The number of nitrogens with zero attached hydrogens (tertiary/aromatic N) is 7. The molecule has 8 aromatic rings. The van der Waals surface area contributed by atoms with Crippen molar-refractivity contribution in [3.8, 4) is 39.9 Å². The Morgan fingerprint density at radius 1 is 0.477 bits per heavy atom. The summed E-state index contributed by atoms with van der Waals surface area (Å²) in [5.41, 5.74) is 6.49. The summed E-state index contributed by atoms with van der Waals surface area (Å²) in [7, 11) is -5.97. The number of rotatable bonds is 31. The fraction of sp³-hybridized carbons (Fsp3) is 0.483. The first-order chi connectivity index (χ1) is 40.4. The average Bonchev–Trinajstić information content (AvgIpc) is 3.72. The van der Waals surface area contributed by atoms with Gasteiger partial charge >= 0.3 is 0 Å². The van der Waals surface area contributed by atoms with Crippen LogP contribution in [0.4, 0.5) is 19.8 Å². The Hall–Kier alpha value is -4.96. The van der Waals surface area contributed by atoms with Crippen molar-refractivity contribution in [3.05, 3.63) is 99.6 Å². The second-order valence-corrected chi connectivity index (χ2v) is 31.8. The van der Waals surface area contributed by atoms with E-state index in [0.717, 1.165) is 160 Å². The number of unbranched alkanes of at least 4 members (excludes halogenated alkanes) is 6. The number of benzene rings is 2. The maximum atomic E-state index is 12.9. The highest BCUT2D eigenvalue weighted by molar-refractivity contribution is 7.90. The minimum absolute atomic E-state index is 0. The molecule has 0 aliphatic rings. The fourth-order valence-electron chi connectivity index (χ4n) is 8.07. The lowest BCUT2D eigenvalue weighted by atomic mass is 10.2. The van der Waals surface area contributed by atoms with E-state index in [4.69, 9.17) is 4.74 Å². The van der Waals surface area contributed by atoms with E-state index in [1.54, 1.807) is 80.2 Å².